The summed E-state index contributed by atoms with van der Waals surface area (Å²) in [6, 6.07) is 16.3. The van der Waals surface area contributed by atoms with E-state index in [4.69, 9.17) is 11.6 Å². The van der Waals surface area contributed by atoms with Crippen molar-refractivity contribution >= 4 is 35.0 Å². The fourth-order valence-corrected chi connectivity index (χ4v) is 3.93. The molecule has 1 N–H and O–H groups in total. The monoisotopic (exact) mass is 403 g/mol. The van der Waals surface area contributed by atoms with Gasteiger partial charge in [0.2, 0.25) is 5.91 Å². The van der Waals surface area contributed by atoms with Crippen molar-refractivity contribution in [2.24, 2.45) is 0 Å². The molecule has 0 saturated carbocycles. The van der Waals surface area contributed by atoms with Crippen LogP contribution in [-0.4, -0.2) is 49.8 Å². The maximum absolute atomic E-state index is 12.0. The van der Waals surface area contributed by atoms with Gasteiger partial charge in [-0.1, -0.05) is 35.9 Å². The Morgan fingerprint density at radius 1 is 1.00 bits per heavy atom. The molecule has 0 aromatic heterocycles. The molecule has 1 saturated heterocycles. The molecule has 1 heterocycles. The zero-order chi connectivity index (χ0) is 19.1. The maximum atomic E-state index is 12.0. The molecule has 144 valence electrons. The van der Waals surface area contributed by atoms with Gasteiger partial charge >= 0.3 is 0 Å². The summed E-state index contributed by atoms with van der Waals surface area (Å²) < 4.78 is 0. The van der Waals surface area contributed by atoms with E-state index in [2.05, 4.69) is 46.4 Å². The van der Waals surface area contributed by atoms with E-state index in [0.29, 0.717) is 12.3 Å². The van der Waals surface area contributed by atoms with Crippen molar-refractivity contribution in [3.8, 4) is 0 Å². The van der Waals surface area contributed by atoms with Crippen LogP contribution >= 0.6 is 23.4 Å². The molecule has 6 heteroatoms. The van der Waals surface area contributed by atoms with Crippen LogP contribution in [0.5, 0.6) is 0 Å². The minimum Gasteiger partial charge on any atom is -0.369 e. The van der Waals surface area contributed by atoms with Crippen molar-refractivity contribution < 1.29 is 4.79 Å². The highest BCUT2D eigenvalue weighted by molar-refractivity contribution is 7.99. The molecule has 0 spiro atoms. The lowest BCUT2D eigenvalue weighted by molar-refractivity contribution is -0.118. The highest BCUT2D eigenvalue weighted by Crippen LogP contribution is 2.17. The zero-order valence-electron chi connectivity index (χ0n) is 15.7. The Labute approximate surface area is 170 Å². The molecule has 1 amide bonds. The number of carbonyl (C=O) groups excluding carboxylic acids is 1. The number of thioether (sulfide) groups is 1. The molecule has 0 unspecified atom stereocenters. The number of likely N-dealkylation sites (N-methyl/N-ethyl adjacent to an activating group) is 1. The van der Waals surface area contributed by atoms with Crippen molar-refractivity contribution in [3.05, 3.63) is 64.7 Å². The van der Waals surface area contributed by atoms with E-state index in [-0.39, 0.29) is 5.91 Å². The third-order valence-electron chi connectivity index (χ3n) is 4.71. The van der Waals surface area contributed by atoms with Crippen LogP contribution in [0.15, 0.2) is 48.5 Å². The van der Waals surface area contributed by atoms with E-state index in [1.165, 1.54) is 11.3 Å². The summed E-state index contributed by atoms with van der Waals surface area (Å²) >= 11 is 7.49. The first-order chi connectivity index (χ1) is 13.1. The highest BCUT2D eigenvalue weighted by atomic mass is 35.5. The number of piperazine rings is 1. The molecule has 0 bridgehead atoms. The molecular weight excluding hydrogens is 378 g/mol. The lowest BCUT2D eigenvalue weighted by atomic mass is 10.2. The second kappa shape index (κ2) is 10.0. The summed E-state index contributed by atoms with van der Waals surface area (Å²) in [4.78, 5) is 16.8. The number of carbonyl (C=O) groups is 1. The van der Waals surface area contributed by atoms with Crippen LogP contribution in [0, 0.1) is 0 Å². The topological polar surface area (TPSA) is 35.6 Å². The molecular formula is C21H26ClN3OS. The van der Waals surface area contributed by atoms with Gasteiger partial charge in [0.1, 0.15) is 0 Å². The van der Waals surface area contributed by atoms with E-state index in [1.54, 1.807) is 11.8 Å². The molecule has 0 atom stereocenters. The number of hydrogen-bond donors (Lipinski definition) is 1. The standard InChI is InChI=1S/C21H26ClN3OS/c1-24-10-12-25(13-11-24)20-8-4-17(5-9-20)14-23-21(26)16-27-15-18-2-6-19(22)7-3-18/h2-9H,10-16H2,1H3,(H,23,26). The first-order valence-electron chi connectivity index (χ1n) is 9.21. The summed E-state index contributed by atoms with van der Waals surface area (Å²) in [5, 5.41) is 3.73. The van der Waals surface area contributed by atoms with Gasteiger partial charge in [-0.2, -0.15) is 0 Å². The Morgan fingerprint density at radius 2 is 1.63 bits per heavy atom. The van der Waals surface area contributed by atoms with Gasteiger partial charge in [0, 0.05) is 49.2 Å². The van der Waals surface area contributed by atoms with Gasteiger partial charge in [-0.15, -0.1) is 11.8 Å². The van der Waals surface area contributed by atoms with E-state index >= 15 is 0 Å². The van der Waals surface area contributed by atoms with Crippen LogP contribution in [0.4, 0.5) is 5.69 Å². The number of nitrogens with one attached hydrogen (secondary N) is 1. The van der Waals surface area contributed by atoms with Crippen LogP contribution < -0.4 is 10.2 Å². The Hall–Kier alpha value is -1.69. The normalized spacial score (nSPS) is 15.0. The lowest BCUT2D eigenvalue weighted by Gasteiger charge is -2.34. The molecule has 27 heavy (non-hydrogen) atoms. The highest BCUT2D eigenvalue weighted by Gasteiger charge is 2.13. The Kier molecular flexibility index (Phi) is 7.44. The Bertz CT molecular complexity index is 728. The number of anilines is 1. The van der Waals surface area contributed by atoms with Gasteiger partial charge in [-0.05, 0) is 42.4 Å². The number of nitrogens with zero attached hydrogens (tertiary/aromatic N) is 2. The number of benzene rings is 2. The summed E-state index contributed by atoms with van der Waals surface area (Å²) in [6.07, 6.45) is 0. The Morgan fingerprint density at radius 3 is 2.30 bits per heavy atom. The fourth-order valence-electron chi connectivity index (χ4n) is 2.98. The van der Waals surface area contributed by atoms with Crippen LogP contribution in [0.2, 0.25) is 5.02 Å². The van der Waals surface area contributed by atoms with Gasteiger partial charge < -0.3 is 15.1 Å². The van der Waals surface area contributed by atoms with Crippen molar-refractivity contribution in [2.45, 2.75) is 12.3 Å². The largest absolute Gasteiger partial charge is 0.369 e. The van der Waals surface area contributed by atoms with Gasteiger partial charge in [-0.25, -0.2) is 0 Å². The van der Waals surface area contributed by atoms with E-state index in [9.17, 15) is 4.79 Å². The predicted molar refractivity (Wildman–Crippen MR) is 116 cm³/mol. The molecule has 2 aromatic carbocycles. The molecule has 1 aliphatic heterocycles. The SMILES string of the molecule is CN1CCN(c2ccc(CNC(=O)CSCc3ccc(Cl)cc3)cc2)CC1. The fraction of sp³-hybridized carbons (Fsp3) is 0.381. The second-order valence-electron chi connectivity index (χ2n) is 6.85. The van der Waals surface area contributed by atoms with Crippen LogP contribution in [0.1, 0.15) is 11.1 Å². The van der Waals surface area contributed by atoms with Crippen molar-refractivity contribution in [1.29, 1.82) is 0 Å². The molecule has 2 aromatic rings. The van der Waals surface area contributed by atoms with Gasteiger partial charge in [0.15, 0.2) is 0 Å². The number of hydrogen-bond acceptors (Lipinski definition) is 4. The molecule has 0 radical (unpaired) electrons. The summed E-state index contributed by atoms with van der Waals surface area (Å²) in [7, 11) is 2.16. The van der Waals surface area contributed by atoms with Gasteiger partial charge in [0.05, 0.1) is 5.75 Å². The lowest BCUT2D eigenvalue weighted by Crippen LogP contribution is -2.44. The maximum Gasteiger partial charge on any atom is 0.230 e. The van der Waals surface area contributed by atoms with Gasteiger partial charge in [0.25, 0.3) is 0 Å². The van der Waals surface area contributed by atoms with E-state index in [0.717, 1.165) is 42.5 Å². The average molecular weight is 404 g/mol. The average Bonchev–Trinajstić information content (AvgIpc) is 2.69. The Balaban J connectivity index is 1.37. The minimum atomic E-state index is 0.0668. The summed E-state index contributed by atoms with van der Waals surface area (Å²) in [5.74, 6) is 1.34. The number of rotatable bonds is 7. The molecule has 4 nitrogen and oxygen atoms in total. The van der Waals surface area contributed by atoms with Crippen LogP contribution in [0.25, 0.3) is 0 Å². The number of halogens is 1. The van der Waals surface area contributed by atoms with Crippen LogP contribution in [-0.2, 0) is 17.1 Å². The van der Waals surface area contributed by atoms with E-state index in [1.807, 2.05) is 24.3 Å². The molecule has 1 aliphatic rings. The smallest absolute Gasteiger partial charge is 0.230 e. The quantitative estimate of drug-likeness (QED) is 0.765. The predicted octanol–water partition coefficient (Wildman–Crippen LogP) is 3.64. The first-order valence-corrected chi connectivity index (χ1v) is 10.7. The van der Waals surface area contributed by atoms with E-state index < -0.39 is 0 Å². The second-order valence-corrected chi connectivity index (χ2v) is 8.27. The van der Waals surface area contributed by atoms with Crippen molar-refractivity contribution in [1.82, 2.24) is 10.2 Å². The number of amides is 1. The van der Waals surface area contributed by atoms with Crippen LogP contribution in [0.3, 0.4) is 0 Å². The third kappa shape index (κ3) is 6.45. The van der Waals surface area contributed by atoms with Crippen molar-refractivity contribution in [2.75, 3.05) is 43.9 Å². The van der Waals surface area contributed by atoms with Gasteiger partial charge in [-0.3, -0.25) is 4.79 Å². The summed E-state index contributed by atoms with van der Waals surface area (Å²) in [5.41, 5.74) is 3.57. The molecule has 0 aliphatic carbocycles. The molecule has 1 fully saturated rings. The minimum absolute atomic E-state index is 0.0668. The molecule has 3 rings (SSSR count). The van der Waals surface area contributed by atoms with Crippen molar-refractivity contribution in [3.63, 3.8) is 0 Å². The summed E-state index contributed by atoms with van der Waals surface area (Å²) in [6.45, 7) is 4.91. The first kappa shape index (κ1) is 20.1. The third-order valence-corrected chi connectivity index (χ3v) is 5.97. The zero-order valence-corrected chi connectivity index (χ0v) is 17.2.